The van der Waals surface area contributed by atoms with Crippen molar-refractivity contribution in [3.05, 3.63) is 81.9 Å². The van der Waals surface area contributed by atoms with Crippen LogP contribution in [-0.2, 0) is 19.3 Å². The molecule has 9 heteroatoms. The molecular weight excluding hydrogens is 460 g/mol. The maximum atomic E-state index is 12.5. The van der Waals surface area contributed by atoms with Crippen LogP contribution in [0.2, 0.25) is 0 Å². The zero-order valence-corrected chi connectivity index (χ0v) is 19.7. The minimum absolute atomic E-state index is 0.260. The fourth-order valence-electron chi connectivity index (χ4n) is 4.61. The topological polar surface area (TPSA) is 101 Å². The lowest BCUT2D eigenvalue weighted by molar-refractivity contribution is 0.0656. The Morgan fingerprint density at radius 1 is 0.829 bits per heavy atom. The normalized spacial score (nSPS) is 14.7. The van der Waals surface area contributed by atoms with Crippen molar-refractivity contribution < 1.29 is 9.59 Å². The first-order chi connectivity index (χ1) is 17.2. The molecule has 0 unspecified atom stereocenters. The molecule has 1 aliphatic heterocycles. The quantitative estimate of drug-likeness (QED) is 0.405. The van der Waals surface area contributed by atoms with E-state index in [2.05, 4.69) is 43.9 Å². The molecule has 8 nitrogen and oxygen atoms in total. The molecular formula is C26H22N6O2S. The standard InChI is InChI=1S/C26H22N6O2S/c33-24-19-7-3-4-8-20(19)25(34)32(24)14-13-23-30-31-26(35-23)27-22-12-11-21(28-29-22)18-10-9-16-5-1-2-6-17(16)15-18/h3-4,7-12,15H,1-2,5-6,13-14H2,(H,27,29,31). The fraction of sp³-hybridized carbons (Fsp3) is 0.231. The van der Waals surface area contributed by atoms with Crippen LogP contribution in [0.4, 0.5) is 10.9 Å². The van der Waals surface area contributed by atoms with Gasteiger partial charge < -0.3 is 5.32 Å². The van der Waals surface area contributed by atoms with Gasteiger partial charge in [-0.15, -0.1) is 20.4 Å². The Morgan fingerprint density at radius 2 is 1.60 bits per heavy atom. The molecule has 0 spiro atoms. The van der Waals surface area contributed by atoms with Gasteiger partial charge in [0, 0.05) is 18.5 Å². The summed E-state index contributed by atoms with van der Waals surface area (Å²) in [6.07, 6.45) is 5.23. The van der Waals surface area contributed by atoms with Crippen molar-refractivity contribution in [2.75, 3.05) is 11.9 Å². The molecule has 0 saturated heterocycles. The Kier molecular flexibility index (Phi) is 5.54. The highest BCUT2D eigenvalue weighted by Crippen LogP contribution is 2.28. The van der Waals surface area contributed by atoms with E-state index in [4.69, 9.17) is 0 Å². The van der Waals surface area contributed by atoms with Gasteiger partial charge in [0.05, 0.1) is 16.8 Å². The highest BCUT2D eigenvalue weighted by Gasteiger charge is 2.34. The summed E-state index contributed by atoms with van der Waals surface area (Å²) in [7, 11) is 0. The highest BCUT2D eigenvalue weighted by molar-refractivity contribution is 7.15. The van der Waals surface area contributed by atoms with Crippen molar-refractivity contribution >= 4 is 34.1 Å². The van der Waals surface area contributed by atoms with E-state index in [1.54, 1.807) is 24.3 Å². The average molecular weight is 483 g/mol. The number of nitrogens with zero attached hydrogens (tertiary/aromatic N) is 5. The molecule has 2 aromatic heterocycles. The van der Waals surface area contributed by atoms with Crippen LogP contribution in [0.3, 0.4) is 0 Å². The molecule has 3 heterocycles. The minimum Gasteiger partial charge on any atom is -0.313 e. The van der Waals surface area contributed by atoms with Crippen molar-refractivity contribution in [1.29, 1.82) is 0 Å². The Morgan fingerprint density at radius 3 is 2.34 bits per heavy atom. The van der Waals surface area contributed by atoms with Gasteiger partial charge in [0.25, 0.3) is 11.8 Å². The number of anilines is 2. The molecule has 0 saturated carbocycles. The zero-order chi connectivity index (χ0) is 23.8. The molecule has 4 aromatic rings. The monoisotopic (exact) mass is 482 g/mol. The Hall–Kier alpha value is -3.98. The van der Waals surface area contributed by atoms with E-state index in [0.29, 0.717) is 28.5 Å². The summed E-state index contributed by atoms with van der Waals surface area (Å²) in [5.41, 5.74) is 5.68. The highest BCUT2D eigenvalue weighted by atomic mass is 32.1. The second kappa shape index (κ2) is 8.99. The third kappa shape index (κ3) is 4.19. The van der Waals surface area contributed by atoms with Gasteiger partial charge in [-0.1, -0.05) is 35.6 Å². The van der Waals surface area contributed by atoms with E-state index in [0.717, 1.165) is 29.1 Å². The van der Waals surface area contributed by atoms with Gasteiger partial charge in [0.15, 0.2) is 5.82 Å². The van der Waals surface area contributed by atoms with Crippen LogP contribution in [0.15, 0.2) is 54.6 Å². The molecule has 1 aliphatic carbocycles. The number of aromatic nitrogens is 4. The third-order valence-corrected chi connectivity index (χ3v) is 7.34. The first-order valence-corrected chi connectivity index (χ1v) is 12.5. The summed E-state index contributed by atoms with van der Waals surface area (Å²) in [5.74, 6) is 0.0558. The molecule has 174 valence electrons. The average Bonchev–Trinajstić information content (AvgIpc) is 3.45. The number of hydrogen-bond acceptors (Lipinski definition) is 8. The van der Waals surface area contributed by atoms with E-state index < -0.39 is 0 Å². The first-order valence-electron chi connectivity index (χ1n) is 11.7. The summed E-state index contributed by atoms with van der Waals surface area (Å²) in [5, 5.41) is 21.5. The number of fused-ring (bicyclic) bond motifs is 2. The van der Waals surface area contributed by atoms with Gasteiger partial charge in [0.1, 0.15) is 5.01 Å². The number of imide groups is 1. The smallest absolute Gasteiger partial charge is 0.261 e. The van der Waals surface area contributed by atoms with Gasteiger partial charge in [-0.3, -0.25) is 14.5 Å². The molecule has 0 atom stereocenters. The summed E-state index contributed by atoms with van der Waals surface area (Å²) >= 11 is 1.36. The van der Waals surface area contributed by atoms with Crippen LogP contribution in [0.1, 0.15) is 49.7 Å². The van der Waals surface area contributed by atoms with Crippen molar-refractivity contribution in [1.82, 2.24) is 25.3 Å². The van der Waals surface area contributed by atoms with Crippen LogP contribution in [0, 0.1) is 0 Å². The predicted octanol–water partition coefficient (Wildman–Crippen LogP) is 4.46. The van der Waals surface area contributed by atoms with Crippen molar-refractivity contribution in [3.63, 3.8) is 0 Å². The van der Waals surface area contributed by atoms with Crippen LogP contribution in [-0.4, -0.2) is 43.7 Å². The number of hydrogen-bond donors (Lipinski definition) is 1. The number of carbonyl (C=O) groups is 2. The summed E-state index contributed by atoms with van der Waals surface area (Å²) in [6, 6.07) is 17.3. The summed E-state index contributed by atoms with van der Waals surface area (Å²) in [4.78, 5) is 26.3. The molecule has 6 rings (SSSR count). The van der Waals surface area contributed by atoms with E-state index in [1.165, 1.54) is 40.2 Å². The maximum Gasteiger partial charge on any atom is 0.261 e. The molecule has 1 N–H and O–H groups in total. The van der Waals surface area contributed by atoms with E-state index in [1.807, 2.05) is 12.1 Å². The number of aryl methyl sites for hydroxylation is 2. The summed E-state index contributed by atoms with van der Waals surface area (Å²) in [6.45, 7) is 0.260. The third-order valence-electron chi connectivity index (χ3n) is 6.44. The van der Waals surface area contributed by atoms with E-state index in [-0.39, 0.29) is 18.4 Å². The molecule has 0 bridgehead atoms. The van der Waals surface area contributed by atoms with E-state index >= 15 is 0 Å². The van der Waals surface area contributed by atoms with Crippen LogP contribution < -0.4 is 5.32 Å². The summed E-state index contributed by atoms with van der Waals surface area (Å²) < 4.78 is 0. The van der Waals surface area contributed by atoms with E-state index in [9.17, 15) is 9.59 Å². The number of carbonyl (C=O) groups excluding carboxylic acids is 2. The van der Waals surface area contributed by atoms with Crippen molar-refractivity contribution in [3.8, 4) is 11.3 Å². The lowest BCUT2D eigenvalue weighted by Gasteiger charge is -2.16. The van der Waals surface area contributed by atoms with Crippen LogP contribution >= 0.6 is 11.3 Å². The molecule has 35 heavy (non-hydrogen) atoms. The first kappa shape index (κ1) is 21.5. The van der Waals surface area contributed by atoms with Crippen LogP contribution in [0.25, 0.3) is 11.3 Å². The number of rotatable bonds is 6. The van der Waals surface area contributed by atoms with Gasteiger partial charge in [-0.25, -0.2) is 0 Å². The molecule has 0 radical (unpaired) electrons. The molecule has 2 amide bonds. The lowest BCUT2D eigenvalue weighted by Crippen LogP contribution is -2.31. The zero-order valence-electron chi connectivity index (χ0n) is 18.9. The predicted molar refractivity (Wildman–Crippen MR) is 133 cm³/mol. The largest absolute Gasteiger partial charge is 0.313 e. The number of nitrogens with one attached hydrogen (secondary N) is 1. The number of benzene rings is 2. The van der Waals surface area contributed by atoms with Crippen LogP contribution in [0.5, 0.6) is 0 Å². The minimum atomic E-state index is -0.261. The second-order valence-electron chi connectivity index (χ2n) is 8.68. The lowest BCUT2D eigenvalue weighted by atomic mass is 9.90. The molecule has 2 aromatic carbocycles. The van der Waals surface area contributed by atoms with Crippen molar-refractivity contribution in [2.24, 2.45) is 0 Å². The maximum absolute atomic E-state index is 12.5. The second-order valence-corrected chi connectivity index (χ2v) is 9.74. The van der Waals surface area contributed by atoms with Gasteiger partial charge in [-0.2, -0.15) is 0 Å². The fourth-order valence-corrected chi connectivity index (χ4v) is 5.35. The Balaban J connectivity index is 1.08. The van der Waals surface area contributed by atoms with Gasteiger partial charge in [-0.05, 0) is 67.1 Å². The molecule has 0 fully saturated rings. The van der Waals surface area contributed by atoms with Crippen molar-refractivity contribution in [2.45, 2.75) is 32.1 Å². The molecule has 2 aliphatic rings. The Bertz CT molecular complexity index is 1400. The SMILES string of the molecule is O=C1c2ccccc2C(=O)N1CCc1nnc(Nc2ccc(-c3ccc4c(c3)CCCC4)nn2)s1. The van der Waals surface area contributed by atoms with Gasteiger partial charge in [0.2, 0.25) is 5.13 Å². The number of amides is 2. The Labute approximate surface area is 206 Å². The van der Waals surface area contributed by atoms with Gasteiger partial charge >= 0.3 is 0 Å².